The van der Waals surface area contributed by atoms with Crippen molar-refractivity contribution >= 4 is 17.7 Å². The molecule has 2 aromatic rings. The van der Waals surface area contributed by atoms with E-state index in [1.165, 1.54) is 10.5 Å². The number of hydrogen-bond donors (Lipinski definition) is 1. The molecule has 0 aliphatic carbocycles. The summed E-state index contributed by atoms with van der Waals surface area (Å²) in [4.78, 5) is 5.79. The van der Waals surface area contributed by atoms with Gasteiger partial charge in [-0.2, -0.15) is 5.10 Å². The monoisotopic (exact) mass is 288 g/mol. The smallest absolute Gasteiger partial charge is 0.243 e. The summed E-state index contributed by atoms with van der Waals surface area (Å²) in [6, 6.07) is 8.48. The van der Waals surface area contributed by atoms with E-state index in [2.05, 4.69) is 64.9 Å². The Morgan fingerprint density at radius 2 is 1.70 bits per heavy atom. The maximum Gasteiger partial charge on any atom is 0.243 e. The largest absolute Gasteiger partial charge is 0.349 e. The highest BCUT2D eigenvalue weighted by molar-refractivity contribution is 7.98. The lowest BCUT2D eigenvalue weighted by Gasteiger charge is -2.08. The van der Waals surface area contributed by atoms with E-state index >= 15 is 0 Å². The van der Waals surface area contributed by atoms with Crippen molar-refractivity contribution in [3.05, 3.63) is 41.2 Å². The van der Waals surface area contributed by atoms with Crippen LogP contribution < -0.4 is 5.32 Å². The van der Waals surface area contributed by atoms with Crippen LogP contribution in [0.3, 0.4) is 0 Å². The lowest BCUT2D eigenvalue weighted by molar-refractivity contribution is 0.819. The van der Waals surface area contributed by atoms with Crippen molar-refractivity contribution in [2.75, 3.05) is 11.6 Å². The van der Waals surface area contributed by atoms with E-state index < -0.39 is 0 Å². The van der Waals surface area contributed by atoms with Crippen LogP contribution in [-0.4, -0.2) is 21.4 Å². The predicted octanol–water partition coefficient (Wildman–Crippen LogP) is 3.33. The maximum atomic E-state index is 4.52. The fourth-order valence-electron chi connectivity index (χ4n) is 1.94. The molecule has 0 saturated carbocycles. The van der Waals surface area contributed by atoms with E-state index in [0.29, 0.717) is 12.5 Å². The summed E-state index contributed by atoms with van der Waals surface area (Å²) < 4.78 is 0. The molecule has 0 saturated heterocycles. The first kappa shape index (κ1) is 14.8. The van der Waals surface area contributed by atoms with Gasteiger partial charge in [-0.25, -0.2) is 4.98 Å². The van der Waals surface area contributed by atoms with Gasteiger partial charge in [0, 0.05) is 11.4 Å². The molecule has 1 aromatic carbocycles. The molecule has 0 fully saturated rings. The maximum absolute atomic E-state index is 4.52. The van der Waals surface area contributed by atoms with Crippen LogP contribution in [0, 0.1) is 0 Å². The molecule has 1 aromatic heterocycles. The Bertz CT molecular complexity index is 554. The SMILES string of the molecule is CCc1nnc(NCc2ccc(SC)cc2)nc1CC. The molecule has 0 amide bonds. The van der Waals surface area contributed by atoms with Crippen LogP contribution in [0.1, 0.15) is 30.8 Å². The van der Waals surface area contributed by atoms with Crippen molar-refractivity contribution in [2.24, 2.45) is 0 Å². The van der Waals surface area contributed by atoms with E-state index in [4.69, 9.17) is 0 Å². The highest BCUT2D eigenvalue weighted by Gasteiger charge is 2.05. The van der Waals surface area contributed by atoms with Crippen LogP contribution in [0.5, 0.6) is 0 Å². The fraction of sp³-hybridized carbons (Fsp3) is 0.400. The van der Waals surface area contributed by atoms with Gasteiger partial charge < -0.3 is 5.32 Å². The quantitative estimate of drug-likeness (QED) is 0.826. The van der Waals surface area contributed by atoms with Gasteiger partial charge in [0.1, 0.15) is 0 Å². The standard InChI is InChI=1S/C15H20N4S/c1-4-13-14(5-2)18-19-15(17-13)16-10-11-6-8-12(20-3)9-7-11/h6-9H,4-5,10H2,1-3H3,(H,16,17,19). The minimum absolute atomic E-state index is 0.605. The van der Waals surface area contributed by atoms with Crippen molar-refractivity contribution in [3.8, 4) is 0 Å². The van der Waals surface area contributed by atoms with E-state index in [-0.39, 0.29) is 0 Å². The Morgan fingerprint density at radius 3 is 2.30 bits per heavy atom. The van der Waals surface area contributed by atoms with Gasteiger partial charge in [-0.1, -0.05) is 26.0 Å². The highest BCUT2D eigenvalue weighted by atomic mass is 32.2. The van der Waals surface area contributed by atoms with E-state index in [0.717, 1.165) is 24.2 Å². The van der Waals surface area contributed by atoms with Crippen molar-refractivity contribution in [2.45, 2.75) is 38.1 Å². The Kier molecular flexibility index (Phi) is 5.35. The molecule has 0 bridgehead atoms. The van der Waals surface area contributed by atoms with Gasteiger partial charge >= 0.3 is 0 Å². The summed E-state index contributed by atoms with van der Waals surface area (Å²) in [7, 11) is 0. The van der Waals surface area contributed by atoms with Crippen molar-refractivity contribution in [3.63, 3.8) is 0 Å². The topological polar surface area (TPSA) is 50.7 Å². The predicted molar refractivity (Wildman–Crippen MR) is 84.1 cm³/mol. The van der Waals surface area contributed by atoms with E-state index in [1.807, 2.05) is 0 Å². The molecule has 20 heavy (non-hydrogen) atoms. The number of rotatable bonds is 6. The number of anilines is 1. The van der Waals surface area contributed by atoms with E-state index in [1.54, 1.807) is 11.8 Å². The molecule has 0 spiro atoms. The van der Waals surface area contributed by atoms with Crippen LogP contribution >= 0.6 is 11.8 Å². The zero-order valence-corrected chi connectivity index (χ0v) is 13.0. The third-order valence-electron chi connectivity index (χ3n) is 3.12. The molecule has 0 aliphatic rings. The van der Waals surface area contributed by atoms with Crippen molar-refractivity contribution < 1.29 is 0 Å². The van der Waals surface area contributed by atoms with Gasteiger partial charge in [0.2, 0.25) is 5.95 Å². The second-order valence-electron chi connectivity index (χ2n) is 4.44. The first-order valence-corrected chi connectivity index (χ1v) is 8.08. The van der Waals surface area contributed by atoms with Gasteiger partial charge in [0.15, 0.2) is 0 Å². The van der Waals surface area contributed by atoms with Crippen molar-refractivity contribution in [1.29, 1.82) is 0 Å². The molecule has 4 nitrogen and oxygen atoms in total. The van der Waals surface area contributed by atoms with E-state index in [9.17, 15) is 0 Å². The molecule has 0 unspecified atom stereocenters. The van der Waals surface area contributed by atoms with Crippen LogP contribution in [0.25, 0.3) is 0 Å². The van der Waals surface area contributed by atoms with Gasteiger partial charge in [0.05, 0.1) is 11.4 Å². The highest BCUT2D eigenvalue weighted by Crippen LogP contribution is 2.15. The Balaban J connectivity index is 2.02. The third kappa shape index (κ3) is 3.70. The molecule has 0 atom stereocenters. The van der Waals surface area contributed by atoms with Gasteiger partial charge in [-0.15, -0.1) is 16.9 Å². The molecule has 2 rings (SSSR count). The summed E-state index contributed by atoms with van der Waals surface area (Å²) in [6.07, 6.45) is 3.84. The average molecular weight is 288 g/mol. The number of hydrogen-bond acceptors (Lipinski definition) is 5. The molecule has 0 radical (unpaired) electrons. The number of aryl methyl sites for hydroxylation is 2. The van der Waals surface area contributed by atoms with Gasteiger partial charge in [0.25, 0.3) is 0 Å². The number of benzene rings is 1. The second-order valence-corrected chi connectivity index (χ2v) is 5.32. The normalized spacial score (nSPS) is 10.6. The molecule has 0 aliphatic heterocycles. The first-order valence-electron chi connectivity index (χ1n) is 6.86. The zero-order chi connectivity index (χ0) is 14.4. The van der Waals surface area contributed by atoms with Crippen molar-refractivity contribution in [1.82, 2.24) is 15.2 Å². The van der Waals surface area contributed by atoms with Crippen LogP contribution in [0.2, 0.25) is 0 Å². The molecule has 5 heteroatoms. The second kappa shape index (κ2) is 7.24. The fourth-order valence-corrected chi connectivity index (χ4v) is 2.35. The Labute approximate surface area is 124 Å². The molecule has 106 valence electrons. The lowest BCUT2D eigenvalue weighted by Crippen LogP contribution is -2.09. The molecular weight excluding hydrogens is 268 g/mol. The number of nitrogens with one attached hydrogen (secondary N) is 1. The van der Waals surface area contributed by atoms with Gasteiger partial charge in [-0.05, 0) is 36.8 Å². The number of thioether (sulfide) groups is 1. The minimum Gasteiger partial charge on any atom is -0.349 e. The Hall–Kier alpha value is -1.62. The lowest BCUT2D eigenvalue weighted by atomic mass is 10.2. The van der Waals surface area contributed by atoms with Crippen LogP contribution in [-0.2, 0) is 19.4 Å². The summed E-state index contributed by atoms with van der Waals surface area (Å²) in [5, 5.41) is 11.6. The zero-order valence-electron chi connectivity index (χ0n) is 12.2. The van der Waals surface area contributed by atoms with Gasteiger partial charge in [-0.3, -0.25) is 0 Å². The summed E-state index contributed by atoms with van der Waals surface area (Å²) in [6.45, 7) is 4.88. The summed E-state index contributed by atoms with van der Waals surface area (Å²) >= 11 is 1.75. The summed E-state index contributed by atoms with van der Waals surface area (Å²) in [5.41, 5.74) is 3.23. The minimum atomic E-state index is 0.605. The average Bonchev–Trinajstić information content (AvgIpc) is 2.53. The molecule has 1 N–H and O–H groups in total. The molecule has 1 heterocycles. The summed E-state index contributed by atoms with van der Waals surface area (Å²) in [5.74, 6) is 0.605. The van der Waals surface area contributed by atoms with Crippen LogP contribution in [0.15, 0.2) is 29.2 Å². The first-order chi connectivity index (χ1) is 9.76. The van der Waals surface area contributed by atoms with Crippen LogP contribution in [0.4, 0.5) is 5.95 Å². The number of aromatic nitrogens is 3. The molecular formula is C15H20N4S. The third-order valence-corrected chi connectivity index (χ3v) is 3.86. The Morgan fingerprint density at radius 1 is 1.00 bits per heavy atom. The number of nitrogens with zero attached hydrogens (tertiary/aromatic N) is 3.